The topological polar surface area (TPSA) is 84.2 Å². The first kappa shape index (κ1) is 14.8. The summed E-state index contributed by atoms with van der Waals surface area (Å²) in [6.07, 6.45) is -0.295. The number of H-pyrrole nitrogens is 1. The summed E-state index contributed by atoms with van der Waals surface area (Å²) in [5.74, 6) is 2.76. The number of hydrogen-bond acceptors (Lipinski definition) is 5. The third kappa shape index (κ3) is 2.52. The molecule has 0 aliphatic carbocycles. The fourth-order valence-corrected chi connectivity index (χ4v) is 2.76. The lowest BCUT2D eigenvalue weighted by Gasteiger charge is -2.31. The zero-order valence-electron chi connectivity index (χ0n) is 13.3. The fourth-order valence-electron chi connectivity index (χ4n) is 2.76. The number of aryl methyl sites for hydroxylation is 3. The molecule has 1 unspecified atom stereocenters. The highest BCUT2D eigenvalue weighted by Gasteiger charge is 2.31. The van der Waals surface area contributed by atoms with Gasteiger partial charge in [0.1, 0.15) is 23.4 Å². The van der Waals surface area contributed by atoms with Crippen LogP contribution in [0.5, 0.6) is 0 Å². The first-order valence-electron chi connectivity index (χ1n) is 7.33. The van der Waals surface area contributed by atoms with Crippen LogP contribution >= 0.6 is 0 Å². The fraction of sp³-hybridized carbons (Fsp3) is 0.533. The molecule has 1 saturated heterocycles. The molecule has 3 rings (SSSR count). The Morgan fingerprint density at radius 1 is 1.27 bits per heavy atom. The van der Waals surface area contributed by atoms with E-state index >= 15 is 0 Å². The van der Waals surface area contributed by atoms with Gasteiger partial charge in [-0.1, -0.05) is 0 Å². The highest BCUT2D eigenvalue weighted by molar-refractivity contribution is 5.97. The summed E-state index contributed by atoms with van der Waals surface area (Å²) < 4.78 is 11.3. The smallest absolute Gasteiger partial charge is 0.257 e. The first-order valence-corrected chi connectivity index (χ1v) is 7.33. The van der Waals surface area contributed by atoms with Crippen molar-refractivity contribution in [1.29, 1.82) is 0 Å². The Labute approximate surface area is 128 Å². The number of hydrogen-bond donors (Lipinski definition) is 1. The molecule has 7 heteroatoms. The minimum absolute atomic E-state index is 0.0209. The maximum absolute atomic E-state index is 12.8. The standard InChI is InChI=1S/C15H20N4O3/c1-8-9(2)22-10(3)13(8)15(20)19-5-6-21-12(7-19)14-16-11(4)17-18-14/h12H,5-7H2,1-4H3,(H,16,17,18). The molecule has 0 aromatic carbocycles. The van der Waals surface area contributed by atoms with Gasteiger partial charge in [-0.25, -0.2) is 4.98 Å². The van der Waals surface area contributed by atoms with Crippen LogP contribution in [-0.4, -0.2) is 45.7 Å². The molecule has 0 saturated carbocycles. The number of carbonyl (C=O) groups is 1. The number of nitrogens with zero attached hydrogens (tertiary/aromatic N) is 3. The third-order valence-electron chi connectivity index (χ3n) is 4.03. The number of carbonyl (C=O) groups excluding carboxylic acids is 1. The number of nitrogens with one attached hydrogen (secondary N) is 1. The van der Waals surface area contributed by atoms with Gasteiger partial charge >= 0.3 is 0 Å². The van der Waals surface area contributed by atoms with Crippen molar-refractivity contribution in [2.75, 3.05) is 19.7 Å². The van der Waals surface area contributed by atoms with E-state index in [1.807, 2.05) is 27.7 Å². The molecule has 0 bridgehead atoms. The SMILES string of the molecule is Cc1nc(C2CN(C(=O)c3c(C)oc(C)c3C)CCO2)n[nH]1. The maximum Gasteiger partial charge on any atom is 0.257 e. The number of aromatic nitrogens is 3. The van der Waals surface area contributed by atoms with Gasteiger partial charge in [-0.2, -0.15) is 5.10 Å². The van der Waals surface area contributed by atoms with E-state index in [-0.39, 0.29) is 12.0 Å². The van der Waals surface area contributed by atoms with Crippen LogP contribution in [0.2, 0.25) is 0 Å². The molecule has 1 N–H and O–H groups in total. The molecular weight excluding hydrogens is 284 g/mol. The third-order valence-corrected chi connectivity index (χ3v) is 4.03. The largest absolute Gasteiger partial charge is 0.466 e. The summed E-state index contributed by atoms with van der Waals surface area (Å²) in [5, 5.41) is 6.93. The van der Waals surface area contributed by atoms with Crippen molar-refractivity contribution >= 4 is 5.91 Å². The zero-order valence-corrected chi connectivity index (χ0v) is 13.3. The van der Waals surface area contributed by atoms with Crippen molar-refractivity contribution in [3.05, 3.63) is 34.3 Å². The van der Waals surface area contributed by atoms with Crippen molar-refractivity contribution in [2.24, 2.45) is 0 Å². The summed E-state index contributed by atoms with van der Waals surface area (Å²) >= 11 is 0. The number of rotatable bonds is 2. The number of aromatic amines is 1. The highest BCUT2D eigenvalue weighted by atomic mass is 16.5. The predicted molar refractivity (Wildman–Crippen MR) is 78.6 cm³/mol. The molecule has 118 valence electrons. The Bertz CT molecular complexity index is 704. The van der Waals surface area contributed by atoms with Gasteiger partial charge in [0, 0.05) is 12.1 Å². The van der Waals surface area contributed by atoms with Gasteiger partial charge in [0.25, 0.3) is 5.91 Å². The number of furan rings is 1. The van der Waals surface area contributed by atoms with Crippen LogP contribution in [0, 0.1) is 27.7 Å². The van der Waals surface area contributed by atoms with E-state index < -0.39 is 0 Å². The van der Waals surface area contributed by atoms with Crippen LogP contribution in [-0.2, 0) is 4.74 Å². The van der Waals surface area contributed by atoms with Gasteiger partial charge in [-0.05, 0) is 27.7 Å². The summed E-state index contributed by atoms with van der Waals surface area (Å²) in [6.45, 7) is 8.92. The second-order valence-electron chi connectivity index (χ2n) is 5.60. The molecule has 22 heavy (non-hydrogen) atoms. The van der Waals surface area contributed by atoms with E-state index in [2.05, 4.69) is 15.2 Å². The molecule has 1 aliphatic heterocycles. The van der Waals surface area contributed by atoms with Crippen LogP contribution in [0.4, 0.5) is 0 Å². The Morgan fingerprint density at radius 2 is 2.05 bits per heavy atom. The lowest BCUT2D eigenvalue weighted by molar-refractivity contribution is -0.0267. The summed E-state index contributed by atoms with van der Waals surface area (Å²) in [7, 11) is 0. The van der Waals surface area contributed by atoms with Gasteiger partial charge in [-0.15, -0.1) is 0 Å². The van der Waals surface area contributed by atoms with E-state index in [0.29, 0.717) is 36.8 Å². The molecule has 0 radical (unpaired) electrons. The Morgan fingerprint density at radius 3 is 2.64 bits per heavy atom. The van der Waals surface area contributed by atoms with E-state index in [9.17, 15) is 4.79 Å². The van der Waals surface area contributed by atoms with Gasteiger partial charge in [0.15, 0.2) is 5.82 Å². The molecule has 1 atom stereocenters. The molecule has 7 nitrogen and oxygen atoms in total. The van der Waals surface area contributed by atoms with Crippen molar-refractivity contribution in [2.45, 2.75) is 33.8 Å². The number of morpholine rings is 1. The normalized spacial score (nSPS) is 18.7. The average molecular weight is 304 g/mol. The first-order chi connectivity index (χ1) is 10.5. The lowest BCUT2D eigenvalue weighted by Crippen LogP contribution is -2.42. The van der Waals surface area contributed by atoms with Crippen molar-refractivity contribution in [3.8, 4) is 0 Å². The Hall–Kier alpha value is -2.15. The highest BCUT2D eigenvalue weighted by Crippen LogP contribution is 2.25. The number of ether oxygens (including phenoxy) is 1. The quantitative estimate of drug-likeness (QED) is 0.915. The van der Waals surface area contributed by atoms with Gasteiger partial charge < -0.3 is 14.1 Å². The van der Waals surface area contributed by atoms with E-state index in [1.165, 1.54) is 0 Å². The van der Waals surface area contributed by atoms with Crippen molar-refractivity contribution in [3.63, 3.8) is 0 Å². The molecule has 0 spiro atoms. The summed E-state index contributed by atoms with van der Waals surface area (Å²) in [5.41, 5.74) is 1.56. The van der Waals surface area contributed by atoms with E-state index in [4.69, 9.17) is 9.15 Å². The molecule has 3 heterocycles. The molecule has 1 fully saturated rings. The van der Waals surface area contributed by atoms with E-state index in [0.717, 1.165) is 17.1 Å². The van der Waals surface area contributed by atoms with Crippen molar-refractivity contribution in [1.82, 2.24) is 20.1 Å². The predicted octanol–water partition coefficient (Wildman–Crippen LogP) is 1.85. The van der Waals surface area contributed by atoms with Crippen LogP contribution in [0.25, 0.3) is 0 Å². The minimum atomic E-state index is -0.295. The van der Waals surface area contributed by atoms with Gasteiger partial charge in [-0.3, -0.25) is 9.89 Å². The Balaban J connectivity index is 1.81. The Kier molecular flexibility index (Phi) is 3.74. The minimum Gasteiger partial charge on any atom is -0.466 e. The molecule has 2 aromatic rings. The van der Waals surface area contributed by atoms with Crippen LogP contribution in [0.1, 0.15) is 45.2 Å². The van der Waals surface area contributed by atoms with Crippen LogP contribution in [0.3, 0.4) is 0 Å². The molecule has 2 aromatic heterocycles. The van der Waals surface area contributed by atoms with Gasteiger partial charge in [0.2, 0.25) is 0 Å². The maximum atomic E-state index is 12.8. The molecular formula is C15H20N4O3. The lowest BCUT2D eigenvalue weighted by atomic mass is 10.1. The van der Waals surface area contributed by atoms with E-state index in [1.54, 1.807) is 4.90 Å². The monoisotopic (exact) mass is 304 g/mol. The van der Waals surface area contributed by atoms with Crippen molar-refractivity contribution < 1.29 is 13.9 Å². The average Bonchev–Trinajstić information content (AvgIpc) is 3.03. The second-order valence-corrected chi connectivity index (χ2v) is 5.60. The molecule has 1 aliphatic rings. The summed E-state index contributed by atoms with van der Waals surface area (Å²) in [6, 6.07) is 0. The molecule has 1 amide bonds. The van der Waals surface area contributed by atoms with Gasteiger partial charge in [0.05, 0.1) is 18.7 Å². The number of amides is 1. The second kappa shape index (κ2) is 5.57. The van der Waals surface area contributed by atoms with Crippen LogP contribution in [0.15, 0.2) is 4.42 Å². The van der Waals surface area contributed by atoms with Crippen LogP contribution < -0.4 is 0 Å². The summed E-state index contributed by atoms with van der Waals surface area (Å²) in [4.78, 5) is 18.9. The zero-order chi connectivity index (χ0) is 15.9.